The lowest BCUT2D eigenvalue weighted by atomic mass is 10.1. The van der Waals surface area contributed by atoms with Gasteiger partial charge >= 0.3 is 0 Å². The zero-order chi connectivity index (χ0) is 14.7. The Hall–Kier alpha value is -1.93. The highest BCUT2D eigenvalue weighted by atomic mass is 32.2. The normalized spacial score (nSPS) is 10.6. The van der Waals surface area contributed by atoms with Crippen LogP contribution >= 0.6 is 11.8 Å². The molecule has 0 aliphatic heterocycles. The predicted octanol–water partition coefficient (Wildman–Crippen LogP) is 1.16. The van der Waals surface area contributed by atoms with Crippen LogP contribution in [0.5, 0.6) is 0 Å². The van der Waals surface area contributed by atoms with E-state index in [0.717, 1.165) is 5.82 Å². The molecule has 2 rings (SSSR count). The Morgan fingerprint density at radius 2 is 2.25 bits per heavy atom. The van der Waals surface area contributed by atoms with Crippen LogP contribution in [-0.2, 0) is 12.8 Å². The molecule has 0 radical (unpaired) electrons. The molecule has 0 fully saturated rings. The molecular formula is C12H14FN5OS. The quantitative estimate of drug-likeness (QED) is 0.382. The maximum Gasteiger partial charge on any atom is 0.265 e. The van der Waals surface area contributed by atoms with Crippen LogP contribution in [0.3, 0.4) is 0 Å². The van der Waals surface area contributed by atoms with Crippen LogP contribution in [0.15, 0.2) is 23.4 Å². The van der Waals surface area contributed by atoms with Gasteiger partial charge in [-0.05, 0) is 30.7 Å². The van der Waals surface area contributed by atoms with E-state index in [2.05, 4.69) is 10.2 Å². The van der Waals surface area contributed by atoms with Crippen LogP contribution in [0.4, 0.5) is 4.39 Å². The minimum absolute atomic E-state index is 0.318. The molecule has 1 amide bonds. The van der Waals surface area contributed by atoms with E-state index in [4.69, 9.17) is 5.84 Å². The second kappa shape index (κ2) is 6.02. The van der Waals surface area contributed by atoms with Crippen LogP contribution < -0.4 is 11.3 Å². The van der Waals surface area contributed by atoms with E-state index in [-0.39, 0.29) is 5.82 Å². The van der Waals surface area contributed by atoms with E-state index >= 15 is 0 Å². The van der Waals surface area contributed by atoms with Crippen LogP contribution in [0, 0.1) is 12.7 Å². The van der Waals surface area contributed by atoms with Crippen LogP contribution in [-0.4, -0.2) is 20.7 Å². The number of thioether (sulfide) groups is 1. The number of halogens is 1. The third-order valence-corrected chi connectivity index (χ3v) is 3.92. The van der Waals surface area contributed by atoms with Crippen molar-refractivity contribution in [3.8, 4) is 0 Å². The number of nitrogens with zero attached hydrogens (tertiary/aromatic N) is 3. The summed E-state index contributed by atoms with van der Waals surface area (Å²) in [7, 11) is 1.84. The van der Waals surface area contributed by atoms with Gasteiger partial charge in [0, 0.05) is 18.4 Å². The molecule has 1 aromatic heterocycles. The number of rotatable bonds is 4. The van der Waals surface area contributed by atoms with Crippen molar-refractivity contribution in [1.29, 1.82) is 0 Å². The molecule has 1 aromatic carbocycles. The Labute approximate surface area is 119 Å². The van der Waals surface area contributed by atoms with Crippen molar-refractivity contribution in [1.82, 2.24) is 20.2 Å². The van der Waals surface area contributed by atoms with Crippen molar-refractivity contribution in [2.45, 2.75) is 17.8 Å². The molecule has 20 heavy (non-hydrogen) atoms. The smallest absolute Gasteiger partial charge is 0.265 e. The minimum atomic E-state index is -0.453. The lowest BCUT2D eigenvalue weighted by molar-refractivity contribution is 0.0953. The first-order valence-corrected chi connectivity index (χ1v) is 6.79. The number of carbonyl (C=O) groups excluding carboxylic acids is 1. The molecule has 0 aliphatic carbocycles. The standard InChI is InChI=1S/C12H14FN5OS/c1-7-16-17-12(18(7)2)20-6-9-5-8(11(19)15-14)3-4-10(9)13/h3-5H,6,14H2,1-2H3,(H,15,19). The van der Waals surface area contributed by atoms with Gasteiger partial charge in [0.15, 0.2) is 5.16 Å². The summed E-state index contributed by atoms with van der Waals surface area (Å²) in [5.74, 6) is 5.37. The first kappa shape index (κ1) is 14.5. The largest absolute Gasteiger partial charge is 0.309 e. The van der Waals surface area contributed by atoms with Gasteiger partial charge in [0.2, 0.25) is 0 Å². The molecule has 0 spiro atoms. The average Bonchev–Trinajstić information content (AvgIpc) is 2.77. The number of nitrogens with two attached hydrogens (primary N) is 1. The van der Waals surface area contributed by atoms with Crippen LogP contribution in [0.25, 0.3) is 0 Å². The summed E-state index contributed by atoms with van der Waals surface area (Å²) in [5, 5.41) is 8.61. The van der Waals surface area contributed by atoms with Gasteiger partial charge in [0.25, 0.3) is 5.91 Å². The predicted molar refractivity (Wildman–Crippen MR) is 73.4 cm³/mol. The lowest BCUT2D eigenvalue weighted by Crippen LogP contribution is -2.30. The van der Waals surface area contributed by atoms with Crippen LogP contribution in [0.2, 0.25) is 0 Å². The second-order valence-electron chi connectivity index (χ2n) is 4.16. The third-order valence-electron chi connectivity index (χ3n) is 2.85. The monoisotopic (exact) mass is 295 g/mol. The number of hydrazine groups is 1. The van der Waals surface area contributed by atoms with E-state index in [1.165, 1.54) is 30.0 Å². The van der Waals surface area contributed by atoms with E-state index in [1.807, 2.05) is 24.0 Å². The van der Waals surface area contributed by atoms with Gasteiger partial charge in [-0.3, -0.25) is 10.2 Å². The van der Waals surface area contributed by atoms with E-state index < -0.39 is 5.91 Å². The summed E-state index contributed by atoms with van der Waals surface area (Å²) in [4.78, 5) is 11.4. The minimum Gasteiger partial charge on any atom is -0.309 e. The number of amides is 1. The Morgan fingerprint density at radius 3 is 2.85 bits per heavy atom. The summed E-state index contributed by atoms with van der Waals surface area (Å²) in [6.07, 6.45) is 0. The number of nitrogen functional groups attached to an aromatic ring is 1. The maximum atomic E-state index is 13.7. The van der Waals surface area contributed by atoms with Gasteiger partial charge in [-0.2, -0.15) is 0 Å². The Balaban J connectivity index is 2.16. The summed E-state index contributed by atoms with van der Waals surface area (Å²) in [6.45, 7) is 1.84. The highest BCUT2D eigenvalue weighted by Crippen LogP contribution is 2.23. The highest BCUT2D eigenvalue weighted by molar-refractivity contribution is 7.98. The fourth-order valence-electron chi connectivity index (χ4n) is 1.57. The fraction of sp³-hybridized carbons (Fsp3) is 0.250. The number of hydrogen-bond donors (Lipinski definition) is 2. The van der Waals surface area contributed by atoms with Gasteiger partial charge in [0.05, 0.1) is 0 Å². The Kier molecular flexibility index (Phi) is 4.35. The maximum absolute atomic E-state index is 13.7. The Morgan fingerprint density at radius 1 is 1.50 bits per heavy atom. The van der Waals surface area contributed by atoms with Crippen molar-refractivity contribution in [2.24, 2.45) is 12.9 Å². The molecule has 0 unspecified atom stereocenters. The average molecular weight is 295 g/mol. The summed E-state index contributed by atoms with van der Waals surface area (Å²) in [6, 6.07) is 4.12. The molecule has 0 atom stereocenters. The van der Waals surface area contributed by atoms with Crippen molar-refractivity contribution in [2.75, 3.05) is 0 Å². The summed E-state index contributed by atoms with van der Waals surface area (Å²) in [5.41, 5.74) is 2.75. The second-order valence-corrected chi connectivity index (χ2v) is 5.10. The molecule has 0 aliphatic rings. The molecule has 3 N–H and O–H groups in total. The summed E-state index contributed by atoms with van der Waals surface area (Å²) < 4.78 is 15.5. The number of hydrogen-bond acceptors (Lipinski definition) is 5. The van der Waals surface area contributed by atoms with Crippen molar-refractivity contribution >= 4 is 17.7 Å². The van der Waals surface area contributed by atoms with Crippen LogP contribution in [0.1, 0.15) is 21.7 Å². The molecule has 0 bridgehead atoms. The lowest BCUT2D eigenvalue weighted by Gasteiger charge is -2.06. The molecule has 2 aromatic rings. The molecule has 8 heteroatoms. The number of aromatic nitrogens is 3. The van der Waals surface area contributed by atoms with Crippen molar-refractivity contribution in [3.63, 3.8) is 0 Å². The van der Waals surface area contributed by atoms with E-state index in [0.29, 0.717) is 22.0 Å². The topological polar surface area (TPSA) is 85.8 Å². The zero-order valence-electron chi connectivity index (χ0n) is 11.1. The zero-order valence-corrected chi connectivity index (χ0v) is 11.9. The van der Waals surface area contributed by atoms with Gasteiger partial charge < -0.3 is 4.57 Å². The number of aryl methyl sites for hydroxylation is 1. The number of carbonyl (C=O) groups is 1. The SMILES string of the molecule is Cc1nnc(SCc2cc(C(=O)NN)ccc2F)n1C. The van der Waals surface area contributed by atoms with Crippen molar-refractivity contribution < 1.29 is 9.18 Å². The number of nitrogens with one attached hydrogen (secondary N) is 1. The highest BCUT2D eigenvalue weighted by Gasteiger charge is 2.11. The molecule has 1 heterocycles. The van der Waals surface area contributed by atoms with Gasteiger partial charge in [0.1, 0.15) is 11.6 Å². The fourth-order valence-corrected chi connectivity index (χ4v) is 2.50. The molecule has 0 saturated heterocycles. The Bertz CT molecular complexity index is 643. The first-order valence-electron chi connectivity index (χ1n) is 5.81. The molecule has 6 nitrogen and oxygen atoms in total. The van der Waals surface area contributed by atoms with Gasteiger partial charge in [-0.25, -0.2) is 10.2 Å². The van der Waals surface area contributed by atoms with E-state index in [1.54, 1.807) is 0 Å². The van der Waals surface area contributed by atoms with Gasteiger partial charge in [-0.15, -0.1) is 10.2 Å². The molecular weight excluding hydrogens is 281 g/mol. The molecule has 106 valence electrons. The van der Waals surface area contributed by atoms with Gasteiger partial charge in [-0.1, -0.05) is 11.8 Å². The number of benzene rings is 1. The van der Waals surface area contributed by atoms with Crippen molar-refractivity contribution in [3.05, 3.63) is 41.0 Å². The third kappa shape index (κ3) is 2.97. The summed E-state index contributed by atoms with van der Waals surface area (Å²) >= 11 is 1.35. The first-order chi connectivity index (χ1) is 9.52. The molecule has 0 saturated carbocycles. The van der Waals surface area contributed by atoms with E-state index in [9.17, 15) is 9.18 Å².